The van der Waals surface area contributed by atoms with Crippen molar-refractivity contribution in [1.29, 1.82) is 5.26 Å². The first-order valence-electron chi connectivity index (χ1n) is 9.05. The number of nitrogens with zero attached hydrogens (tertiary/aromatic N) is 6. The Hall–Kier alpha value is -4.66. The molecule has 7 heteroatoms. The van der Waals surface area contributed by atoms with E-state index in [2.05, 4.69) is 21.1 Å². The van der Waals surface area contributed by atoms with Gasteiger partial charge >= 0.3 is 0 Å². The van der Waals surface area contributed by atoms with Gasteiger partial charge in [-0.15, -0.1) is 0 Å². The van der Waals surface area contributed by atoms with Gasteiger partial charge < -0.3 is 0 Å². The molecular weight excluding hydrogens is 376 g/mol. The summed E-state index contributed by atoms with van der Waals surface area (Å²) in [5.74, 6) is 0.432. The second-order valence-electron chi connectivity index (χ2n) is 6.40. The molecule has 0 spiro atoms. The zero-order valence-electron chi connectivity index (χ0n) is 15.7. The highest BCUT2D eigenvalue weighted by Gasteiger charge is 2.11. The van der Waals surface area contributed by atoms with Gasteiger partial charge in [0.1, 0.15) is 5.82 Å². The van der Waals surface area contributed by atoms with Crippen molar-refractivity contribution in [1.82, 2.24) is 9.55 Å². The summed E-state index contributed by atoms with van der Waals surface area (Å²) in [6.07, 6.45) is 3.57. The third-order valence-corrected chi connectivity index (χ3v) is 4.51. The number of benzene rings is 3. The summed E-state index contributed by atoms with van der Waals surface area (Å²) < 4.78 is 1.48. The number of fused-ring (bicyclic) bond motifs is 1. The van der Waals surface area contributed by atoms with Crippen LogP contribution in [0.15, 0.2) is 82.7 Å². The maximum atomic E-state index is 13.3. The van der Waals surface area contributed by atoms with Crippen molar-refractivity contribution < 1.29 is 0 Å². The van der Waals surface area contributed by atoms with E-state index in [1.807, 2.05) is 24.3 Å². The average molecular weight is 390 g/mol. The van der Waals surface area contributed by atoms with Crippen molar-refractivity contribution in [2.45, 2.75) is 0 Å². The van der Waals surface area contributed by atoms with Crippen LogP contribution in [0.4, 0.5) is 5.69 Å². The lowest BCUT2D eigenvalue weighted by Gasteiger charge is -2.12. The molecule has 7 nitrogen and oxygen atoms in total. The SMILES string of the molecule is N#Cc1ccc(/C=C/c2nc3ccccc3c(=O)n2-c2cccc(N=[N+]=[N-])c2)cc1. The monoisotopic (exact) mass is 390 g/mol. The van der Waals surface area contributed by atoms with Crippen LogP contribution in [0.2, 0.25) is 0 Å². The summed E-state index contributed by atoms with van der Waals surface area (Å²) in [4.78, 5) is 20.7. The van der Waals surface area contributed by atoms with Gasteiger partial charge in [-0.2, -0.15) is 5.26 Å². The predicted molar refractivity (Wildman–Crippen MR) is 116 cm³/mol. The van der Waals surface area contributed by atoms with E-state index in [-0.39, 0.29) is 5.56 Å². The third kappa shape index (κ3) is 3.67. The summed E-state index contributed by atoms with van der Waals surface area (Å²) >= 11 is 0. The summed E-state index contributed by atoms with van der Waals surface area (Å²) in [5.41, 5.74) is 11.5. The Bertz CT molecular complexity index is 1420. The van der Waals surface area contributed by atoms with Gasteiger partial charge in [0.15, 0.2) is 0 Å². The fourth-order valence-electron chi connectivity index (χ4n) is 3.10. The molecule has 0 N–H and O–H groups in total. The summed E-state index contributed by atoms with van der Waals surface area (Å²) in [6, 6.07) is 23.1. The molecule has 0 saturated heterocycles. The minimum atomic E-state index is -0.224. The molecule has 0 aliphatic rings. The summed E-state index contributed by atoms with van der Waals surface area (Å²) in [6.45, 7) is 0. The van der Waals surface area contributed by atoms with E-state index in [0.29, 0.717) is 33.7 Å². The maximum absolute atomic E-state index is 13.3. The second kappa shape index (κ2) is 8.15. The van der Waals surface area contributed by atoms with Crippen molar-refractivity contribution in [2.75, 3.05) is 0 Å². The summed E-state index contributed by atoms with van der Waals surface area (Å²) in [7, 11) is 0. The molecule has 0 unspecified atom stereocenters. The first-order chi connectivity index (χ1) is 14.7. The molecular formula is C23H14N6O. The molecule has 0 bridgehead atoms. The van der Waals surface area contributed by atoms with Crippen LogP contribution in [0.1, 0.15) is 17.0 Å². The molecule has 30 heavy (non-hydrogen) atoms. The Morgan fingerprint density at radius 2 is 1.83 bits per heavy atom. The Balaban J connectivity index is 1.91. The van der Waals surface area contributed by atoms with E-state index < -0.39 is 0 Å². The standard InChI is InChI=1S/C23H14N6O/c24-15-17-10-8-16(9-11-17)12-13-22-26-21-7-2-1-6-20(21)23(30)29(22)19-5-3-4-18(14-19)27-28-25/h1-14H/b13-12+. The van der Waals surface area contributed by atoms with E-state index in [4.69, 9.17) is 10.8 Å². The van der Waals surface area contributed by atoms with Crippen molar-refractivity contribution in [2.24, 2.45) is 5.11 Å². The van der Waals surface area contributed by atoms with Crippen LogP contribution in [-0.2, 0) is 0 Å². The van der Waals surface area contributed by atoms with Crippen LogP contribution >= 0.6 is 0 Å². The van der Waals surface area contributed by atoms with E-state index >= 15 is 0 Å². The van der Waals surface area contributed by atoms with Gasteiger partial charge in [-0.1, -0.05) is 47.6 Å². The van der Waals surface area contributed by atoms with Crippen LogP contribution < -0.4 is 5.56 Å². The second-order valence-corrected chi connectivity index (χ2v) is 6.40. The van der Waals surface area contributed by atoms with Crippen molar-refractivity contribution >= 4 is 28.7 Å². The number of hydrogen-bond donors (Lipinski definition) is 0. The average Bonchev–Trinajstić information content (AvgIpc) is 2.78. The van der Waals surface area contributed by atoms with E-state index in [1.54, 1.807) is 60.7 Å². The predicted octanol–water partition coefficient (Wildman–Crippen LogP) is 5.37. The van der Waals surface area contributed by atoms with Gasteiger partial charge in [-0.25, -0.2) is 4.98 Å². The van der Waals surface area contributed by atoms with E-state index in [9.17, 15) is 4.79 Å². The quantitative estimate of drug-likeness (QED) is 0.265. The molecule has 4 rings (SSSR count). The molecule has 0 radical (unpaired) electrons. The van der Waals surface area contributed by atoms with Gasteiger partial charge in [0.05, 0.1) is 28.2 Å². The number of azide groups is 1. The van der Waals surface area contributed by atoms with Crippen LogP contribution in [0.25, 0.3) is 39.2 Å². The largest absolute Gasteiger partial charge is 0.268 e. The van der Waals surface area contributed by atoms with Gasteiger partial charge in [-0.05, 0) is 53.6 Å². The maximum Gasteiger partial charge on any atom is 0.266 e. The molecule has 1 aromatic heterocycles. The van der Waals surface area contributed by atoms with Crippen molar-refractivity contribution in [3.8, 4) is 11.8 Å². The lowest BCUT2D eigenvalue weighted by molar-refractivity contribution is 0.944. The molecule has 3 aromatic carbocycles. The van der Waals surface area contributed by atoms with Gasteiger partial charge in [-0.3, -0.25) is 9.36 Å². The molecule has 0 aliphatic heterocycles. The molecule has 0 fully saturated rings. The Labute approximate surface area is 171 Å². The normalized spacial score (nSPS) is 10.6. The van der Waals surface area contributed by atoms with Gasteiger partial charge in [0, 0.05) is 10.6 Å². The molecule has 4 aromatic rings. The molecule has 1 heterocycles. The molecule has 142 valence electrons. The third-order valence-electron chi connectivity index (χ3n) is 4.51. The number of rotatable bonds is 4. The lowest BCUT2D eigenvalue weighted by Crippen LogP contribution is -2.22. The number of para-hydroxylation sites is 1. The Kier molecular flexibility index (Phi) is 5.08. The molecule has 0 amide bonds. The van der Waals surface area contributed by atoms with Crippen LogP contribution in [0.3, 0.4) is 0 Å². The summed E-state index contributed by atoms with van der Waals surface area (Å²) in [5, 5.41) is 13.1. The fourth-order valence-corrected chi connectivity index (χ4v) is 3.10. The number of nitriles is 1. The first kappa shape index (κ1) is 18.7. The Morgan fingerprint density at radius 1 is 1.03 bits per heavy atom. The highest BCUT2D eigenvalue weighted by atomic mass is 16.1. The van der Waals surface area contributed by atoms with Gasteiger partial charge in [0.25, 0.3) is 5.56 Å². The molecule has 0 aliphatic carbocycles. The van der Waals surface area contributed by atoms with Gasteiger partial charge in [0.2, 0.25) is 0 Å². The number of hydrogen-bond acceptors (Lipinski definition) is 4. The van der Waals surface area contributed by atoms with E-state index in [1.165, 1.54) is 4.57 Å². The first-order valence-corrected chi connectivity index (χ1v) is 9.05. The minimum Gasteiger partial charge on any atom is -0.268 e. The fraction of sp³-hybridized carbons (Fsp3) is 0. The van der Waals surface area contributed by atoms with Crippen molar-refractivity contribution in [3.05, 3.63) is 111 Å². The van der Waals surface area contributed by atoms with E-state index in [0.717, 1.165) is 5.56 Å². The lowest BCUT2D eigenvalue weighted by atomic mass is 10.1. The van der Waals surface area contributed by atoms with Crippen LogP contribution in [0, 0.1) is 11.3 Å². The zero-order valence-corrected chi connectivity index (χ0v) is 15.7. The highest BCUT2D eigenvalue weighted by Crippen LogP contribution is 2.20. The zero-order chi connectivity index (χ0) is 20.9. The number of aromatic nitrogens is 2. The Morgan fingerprint density at radius 3 is 2.60 bits per heavy atom. The van der Waals surface area contributed by atoms with Crippen LogP contribution in [0.5, 0.6) is 0 Å². The smallest absolute Gasteiger partial charge is 0.266 e. The topological polar surface area (TPSA) is 107 Å². The minimum absolute atomic E-state index is 0.224. The van der Waals surface area contributed by atoms with Crippen LogP contribution in [-0.4, -0.2) is 9.55 Å². The highest BCUT2D eigenvalue weighted by molar-refractivity contribution is 5.80. The van der Waals surface area contributed by atoms with Crippen molar-refractivity contribution in [3.63, 3.8) is 0 Å². The molecule has 0 atom stereocenters. The molecule has 0 saturated carbocycles.